The zero-order valence-electron chi connectivity index (χ0n) is 12.3. The number of nitrogens with zero attached hydrogens (tertiary/aromatic N) is 4. The molecule has 7 heteroatoms. The lowest BCUT2D eigenvalue weighted by molar-refractivity contribution is -0.118. The molecule has 0 saturated carbocycles. The Kier molecular flexibility index (Phi) is 4.34. The number of hydrogen-bond donors (Lipinski definition) is 1. The zero-order chi connectivity index (χ0) is 16.2. The van der Waals surface area contributed by atoms with Gasteiger partial charge in [0.1, 0.15) is 6.33 Å². The Morgan fingerprint density at radius 2 is 2.00 bits per heavy atom. The van der Waals surface area contributed by atoms with Gasteiger partial charge in [-0.1, -0.05) is 48.0 Å². The van der Waals surface area contributed by atoms with Gasteiger partial charge in [-0.3, -0.25) is 4.79 Å². The van der Waals surface area contributed by atoms with Gasteiger partial charge in [0.05, 0.1) is 0 Å². The van der Waals surface area contributed by atoms with E-state index in [2.05, 4.69) is 20.8 Å². The fraction of sp³-hybridized carbons (Fsp3) is 0.125. The molecule has 3 rings (SSSR count). The minimum absolute atomic E-state index is 0.242. The van der Waals surface area contributed by atoms with Crippen LogP contribution in [0.2, 0.25) is 5.02 Å². The number of hydrogen-bond acceptors (Lipinski definition) is 4. The molecule has 0 radical (unpaired) electrons. The molecule has 2 aromatic carbocycles. The van der Waals surface area contributed by atoms with Crippen molar-refractivity contribution >= 4 is 23.2 Å². The topological polar surface area (TPSA) is 72.7 Å². The highest BCUT2D eigenvalue weighted by molar-refractivity contribution is 6.31. The first-order valence-electron chi connectivity index (χ1n) is 6.99. The zero-order valence-corrected chi connectivity index (χ0v) is 13.1. The van der Waals surface area contributed by atoms with Crippen LogP contribution in [0.3, 0.4) is 0 Å². The van der Waals surface area contributed by atoms with Crippen LogP contribution < -0.4 is 5.32 Å². The molecule has 3 aromatic rings. The standard InChI is InChI=1S/C16H14ClN5O/c1-11-7-8-13(17)9-14(11)19-16(23)15(22-10-18-20-21-22)12-5-3-2-4-6-12/h2-10,15H,1H3,(H,19,23). The number of tetrazole rings is 1. The number of carbonyl (C=O) groups is 1. The Bertz CT molecular complexity index is 805. The SMILES string of the molecule is Cc1ccc(Cl)cc1NC(=O)C(c1ccccc1)n1cnnn1. The largest absolute Gasteiger partial charge is 0.324 e. The molecule has 1 heterocycles. The molecule has 0 bridgehead atoms. The van der Waals surface area contributed by atoms with Crippen LogP contribution in [0.25, 0.3) is 0 Å². The summed E-state index contributed by atoms with van der Waals surface area (Å²) in [5.74, 6) is -0.242. The van der Waals surface area contributed by atoms with Crippen molar-refractivity contribution in [2.24, 2.45) is 0 Å². The number of aryl methyl sites for hydroxylation is 1. The lowest BCUT2D eigenvalue weighted by Gasteiger charge is -2.17. The minimum Gasteiger partial charge on any atom is -0.324 e. The monoisotopic (exact) mass is 327 g/mol. The molecule has 1 amide bonds. The lowest BCUT2D eigenvalue weighted by Crippen LogP contribution is -2.27. The van der Waals surface area contributed by atoms with E-state index in [-0.39, 0.29) is 5.91 Å². The Morgan fingerprint density at radius 1 is 1.22 bits per heavy atom. The summed E-state index contributed by atoms with van der Waals surface area (Å²) in [5.41, 5.74) is 2.37. The van der Waals surface area contributed by atoms with E-state index in [1.54, 1.807) is 12.1 Å². The van der Waals surface area contributed by atoms with Crippen molar-refractivity contribution < 1.29 is 4.79 Å². The average molecular weight is 328 g/mol. The fourth-order valence-electron chi connectivity index (χ4n) is 2.28. The quantitative estimate of drug-likeness (QED) is 0.799. The van der Waals surface area contributed by atoms with Gasteiger partial charge in [-0.2, -0.15) is 0 Å². The third-order valence-corrected chi connectivity index (χ3v) is 3.69. The molecule has 1 atom stereocenters. The Labute approximate surface area is 138 Å². The smallest absolute Gasteiger partial charge is 0.253 e. The number of benzene rings is 2. The van der Waals surface area contributed by atoms with E-state index in [0.717, 1.165) is 11.1 Å². The number of halogens is 1. The number of rotatable bonds is 4. The summed E-state index contributed by atoms with van der Waals surface area (Å²) in [6.07, 6.45) is 1.42. The molecular weight excluding hydrogens is 314 g/mol. The molecule has 116 valence electrons. The molecule has 0 spiro atoms. The van der Waals surface area contributed by atoms with Crippen LogP contribution in [0, 0.1) is 6.92 Å². The van der Waals surface area contributed by atoms with E-state index in [4.69, 9.17) is 11.6 Å². The van der Waals surface area contributed by atoms with Crippen molar-refractivity contribution in [2.45, 2.75) is 13.0 Å². The number of amides is 1. The van der Waals surface area contributed by atoms with Crippen molar-refractivity contribution in [1.29, 1.82) is 0 Å². The highest BCUT2D eigenvalue weighted by Crippen LogP contribution is 2.23. The number of carbonyl (C=O) groups excluding carboxylic acids is 1. The van der Waals surface area contributed by atoms with E-state index in [1.807, 2.05) is 43.3 Å². The first-order valence-corrected chi connectivity index (χ1v) is 7.37. The van der Waals surface area contributed by atoms with Gasteiger partial charge in [0.25, 0.3) is 5.91 Å². The molecule has 23 heavy (non-hydrogen) atoms. The predicted molar refractivity (Wildman–Crippen MR) is 87.2 cm³/mol. The normalized spacial score (nSPS) is 11.9. The maximum absolute atomic E-state index is 12.8. The van der Waals surface area contributed by atoms with E-state index < -0.39 is 6.04 Å². The summed E-state index contributed by atoms with van der Waals surface area (Å²) in [7, 11) is 0. The van der Waals surface area contributed by atoms with E-state index >= 15 is 0 Å². The Hall–Kier alpha value is -2.73. The minimum atomic E-state index is -0.662. The summed E-state index contributed by atoms with van der Waals surface area (Å²) in [6, 6.07) is 14.0. The molecule has 1 unspecified atom stereocenters. The molecule has 0 fully saturated rings. The first kappa shape index (κ1) is 15.2. The Balaban J connectivity index is 1.94. The highest BCUT2D eigenvalue weighted by Gasteiger charge is 2.24. The molecule has 0 aliphatic rings. The van der Waals surface area contributed by atoms with Crippen molar-refractivity contribution in [3.8, 4) is 0 Å². The number of anilines is 1. The maximum atomic E-state index is 12.8. The van der Waals surface area contributed by atoms with Gasteiger partial charge in [-0.05, 0) is 40.6 Å². The van der Waals surface area contributed by atoms with Crippen LogP contribution in [0.15, 0.2) is 54.9 Å². The van der Waals surface area contributed by atoms with Crippen LogP contribution in [-0.4, -0.2) is 26.1 Å². The summed E-state index contributed by atoms with van der Waals surface area (Å²) >= 11 is 6.01. The van der Waals surface area contributed by atoms with Crippen LogP contribution in [-0.2, 0) is 4.79 Å². The second-order valence-corrected chi connectivity index (χ2v) is 5.49. The average Bonchev–Trinajstić information content (AvgIpc) is 3.06. The van der Waals surface area contributed by atoms with E-state index in [0.29, 0.717) is 10.7 Å². The molecule has 1 N–H and O–H groups in total. The third-order valence-electron chi connectivity index (χ3n) is 3.45. The fourth-order valence-corrected chi connectivity index (χ4v) is 2.45. The molecule has 0 aliphatic heterocycles. The van der Waals surface area contributed by atoms with Gasteiger partial charge >= 0.3 is 0 Å². The highest BCUT2D eigenvalue weighted by atomic mass is 35.5. The van der Waals surface area contributed by atoms with Crippen LogP contribution in [0.1, 0.15) is 17.2 Å². The first-order chi connectivity index (χ1) is 11.1. The van der Waals surface area contributed by atoms with Gasteiger partial charge in [-0.15, -0.1) is 5.10 Å². The summed E-state index contributed by atoms with van der Waals surface area (Å²) in [5, 5.41) is 14.6. The van der Waals surface area contributed by atoms with E-state index in [1.165, 1.54) is 11.0 Å². The van der Waals surface area contributed by atoms with Crippen LogP contribution in [0.4, 0.5) is 5.69 Å². The molecule has 1 aromatic heterocycles. The van der Waals surface area contributed by atoms with Crippen molar-refractivity contribution in [3.05, 3.63) is 71.0 Å². The van der Waals surface area contributed by atoms with Gasteiger partial charge < -0.3 is 5.32 Å². The van der Waals surface area contributed by atoms with Crippen molar-refractivity contribution in [3.63, 3.8) is 0 Å². The maximum Gasteiger partial charge on any atom is 0.253 e. The Morgan fingerprint density at radius 3 is 2.70 bits per heavy atom. The predicted octanol–water partition coefficient (Wildman–Crippen LogP) is 2.86. The van der Waals surface area contributed by atoms with Gasteiger partial charge in [0.15, 0.2) is 6.04 Å². The molecule has 0 aliphatic carbocycles. The number of aromatic nitrogens is 4. The van der Waals surface area contributed by atoms with E-state index in [9.17, 15) is 4.79 Å². The number of nitrogens with one attached hydrogen (secondary N) is 1. The lowest BCUT2D eigenvalue weighted by atomic mass is 10.1. The summed E-state index contributed by atoms with van der Waals surface area (Å²) in [4.78, 5) is 12.8. The summed E-state index contributed by atoms with van der Waals surface area (Å²) in [6.45, 7) is 1.90. The summed E-state index contributed by atoms with van der Waals surface area (Å²) < 4.78 is 1.42. The van der Waals surface area contributed by atoms with Crippen molar-refractivity contribution in [2.75, 3.05) is 5.32 Å². The van der Waals surface area contributed by atoms with Crippen molar-refractivity contribution in [1.82, 2.24) is 20.2 Å². The molecule has 0 saturated heterocycles. The second kappa shape index (κ2) is 6.58. The van der Waals surface area contributed by atoms with Gasteiger partial charge in [0.2, 0.25) is 0 Å². The van der Waals surface area contributed by atoms with Crippen LogP contribution >= 0.6 is 11.6 Å². The van der Waals surface area contributed by atoms with Gasteiger partial charge in [-0.25, -0.2) is 4.68 Å². The second-order valence-electron chi connectivity index (χ2n) is 5.05. The third kappa shape index (κ3) is 3.37. The van der Waals surface area contributed by atoms with Crippen LogP contribution in [0.5, 0.6) is 0 Å². The van der Waals surface area contributed by atoms with Gasteiger partial charge in [0, 0.05) is 10.7 Å². The molecular formula is C16H14ClN5O. The molecule has 6 nitrogen and oxygen atoms in total.